The Morgan fingerprint density at radius 1 is 0.593 bits per heavy atom. The molecule has 5 heteroatoms. The first kappa shape index (κ1) is 26.9. The summed E-state index contributed by atoms with van der Waals surface area (Å²) in [6, 6.07) is 0. The fourth-order valence-electron chi connectivity index (χ4n) is 3.56. The molecule has 0 heterocycles. The molecule has 27 heavy (non-hydrogen) atoms. The lowest BCUT2D eigenvalue weighted by Crippen LogP contribution is -2.07. The van der Waals surface area contributed by atoms with Gasteiger partial charge in [-0.3, -0.25) is 4.55 Å². The third-order valence-corrected chi connectivity index (χ3v) is 6.14. The molecule has 1 unspecified atom stereocenters. The zero-order chi connectivity index (χ0) is 20.2. The van der Waals surface area contributed by atoms with Gasteiger partial charge in [-0.05, 0) is 19.3 Å². The van der Waals surface area contributed by atoms with Crippen LogP contribution in [-0.2, 0) is 10.1 Å². The van der Waals surface area contributed by atoms with Crippen molar-refractivity contribution in [1.29, 1.82) is 0 Å². The molecule has 4 nitrogen and oxygen atoms in total. The summed E-state index contributed by atoms with van der Waals surface area (Å²) in [5.74, 6) is -0.165. The van der Waals surface area contributed by atoms with Gasteiger partial charge in [-0.25, -0.2) is 0 Å². The monoisotopic (exact) mass is 406 g/mol. The Morgan fingerprint density at radius 2 is 0.926 bits per heavy atom. The molecular formula is C22H46O4S. The van der Waals surface area contributed by atoms with Crippen LogP contribution in [-0.4, -0.2) is 29.9 Å². The Balaban J connectivity index is 3.19. The van der Waals surface area contributed by atoms with E-state index in [2.05, 4.69) is 6.92 Å². The van der Waals surface area contributed by atoms with Gasteiger partial charge in [0.15, 0.2) is 0 Å². The van der Waals surface area contributed by atoms with Crippen molar-refractivity contribution in [2.24, 2.45) is 0 Å². The Hall–Kier alpha value is -0.130. The average molecular weight is 407 g/mol. The van der Waals surface area contributed by atoms with Gasteiger partial charge in [0.2, 0.25) is 0 Å². The average Bonchev–Trinajstić information content (AvgIpc) is 2.60. The van der Waals surface area contributed by atoms with Crippen molar-refractivity contribution in [2.45, 2.75) is 135 Å². The molecule has 0 radical (unpaired) electrons. The van der Waals surface area contributed by atoms with E-state index >= 15 is 0 Å². The maximum atomic E-state index is 10.6. The van der Waals surface area contributed by atoms with Crippen LogP contribution in [0.5, 0.6) is 0 Å². The summed E-state index contributed by atoms with van der Waals surface area (Å²) in [6.07, 6.45) is 22.2. The number of rotatable bonds is 21. The summed E-state index contributed by atoms with van der Waals surface area (Å²) in [5, 5.41) is 9.93. The smallest absolute Gasteiger partial charge is 0.264 e. The van der Waals surface area contributed by atoms with E-state index in [9.17, 15) is 13.5 Å². The van der Waals surface area contributed by atoms with Crippen molar-refractivity contribution in [3.8, 4) is 0 Å². The molecule has 0 aliphatic heterocycles. The van der Waals surface area contributed by atoms with Crippen LogP contribution >= 0.6 is 0 Å². The van der Waals surface area contributed by atoms with E-state index in [1.807, 2.05) is 0 Å². The van der Waals surface area contributed by atoms with Crippen molar-refractivity contribution in [1.82, 2.24) is 0 Å². The second-order valence-corrected chi connectivity index (χ2v) is 9.75. The van der Waals surface area contributed by atoms with Gasteiger partial charge in [0, 0.05) is 0 Å². The molecule has 0 aromatic carbocycles. The molecule has 0 aromatic heterocycles. The molecule has 0 rings (SSSR count). The van der Waals surface area contributed by atoms with Crippen LogP contribution in [0.4, 0.5) is 0 Å². The van der Waals surface area contributed by atoms with Gasteiger partial charge in [0.25, 0.3) is 10.1 Å². The molecule has 0 aromatic rings. The Morgan fingerprint density at radius 3 is 1.30 bits per heavy atom. The maximum Gasteiger partial charge on any atom is 0.264 e. The molecule has 0 aliphatic rings. The first-order chi connectivity index (χ1) is 13.0. The minimum atomic E-state index is -3.82. The molecule has 0 saturated carbocycles. The second-order valence-electron chi connectivity index (χ2n) is 8.17. The van der Waals surface area contributed by atoms with Gasteiger partial charge in [-0.1, -0.05) is 110 Å². The topological polar surface area (TPSA) is 74.6 Å². The zero-order valence-electron chi connectivity index (χ0n) is 17.8. The van der Waals surface area contributed by atoms with Crippen LogP contribution in [0.3, 0.4) is 0 Å². The highest BCUT2D eigenvalue weighted by atomic mass is 32.2. The summed E-state index contributed by atoms with van der Waals surface area (Å²) >= 11 is 0. The quantitative estimate of drug-likeness (QED) is 0.165. The largest absolute Gasteiger partial charge is 0.393 e. The minimum absolute atomic E-state index is 0.165. The van der Waals surface area contributed by atoms with Crippen LogP contribution in [0, 0.1) is 0 Å². The number of unbranched alkanes of at least 4 members (excludes halogenated alkanes) is 15. The van der Waals surface area contributed by atoms with Gasteiger partial charge in [0.05, 0.1) is 11.9 Å². The Bertz CT molecular complexity index is 395. The van der Waals surface area contributed by atoms with Crippen LogP contribution in [0.25, 0.3) is 0 Å². The van der Waals surface area contributed by atoms with E-state index in [1.54, 1.807) is 0 Å². The van der Waals surface area contributed by atoms with E-state index in [4.69, 9.17) is 4.55 Å². The lowest BCUT2D eigenvalue weighted by molar-refractivity contribution is 0.147. The van der Waals surface area contributed by atoms with Crippen molar-refractivity contribution in [3.05, 3.63) is 0 Å². The molecule has 0 saturated heterocycles. The van der Waals surface area contributed by atoms with Gasteiger partial charge in [0.1, 0.15) is 0 Å². The molecular weight excluding hydrogens is 360 g/mol. The summed E-state index contributed by atoms with van der Waals surface area (Å²) in [4.78, 5) is 0. The number of hydrogen-bond donors (Lipinski definition) is 2. The van der Waals surface area contributed by atoms with E-state index in [-0.39, 0.29) is 11.9 Å². The van der Waals surface area contributed by atoms with Crippen molar-refractivity contribution >= 4 is 10.1 Å². The molecule has 0 aliphatic carbocycles. The highest BCUT2D eigenvalue weighted by Crippen LogP contribution is 2.15. The summed E-state index contributed by atoms with van der Waals surface area (Å²) < 4.78 is 29.8. The Labute approximate surface area is 169 Å². The van der Waals surface area contributed by atoms with Crippen LogP contribution in [0.2, 0.25) is 0 Å². The summed E-state index contributed by atoms with van der Waals surface area (Å²) in [5.41, 5.74) is 0. The summed E-state index contributed by atoms with van der Waals surface area (Å²) in [7, 11) is -3.82. The molecule has 0 bridgehead atoms. The fourth-order valence-corrected chi connectivity index (χ4v) is 4.13. The minimum Gasteiger partial charge on any atom is -0.393 e. The molecule has 2 N–H and O–H groups in total. The molecule has 164 valence electrons. The Kier molecular flexibility index (Phi) is 19.1. The standard InChI is InChI=1S/C22H46O4S/c1-2-3-4-5-6-7-8-9-10-11-12-13-14-16-19-22(23)20-17-15-18-21-27(24,25)26/h22-23H,2-21H2,1H3,(H,24,25,26). The number of aliphatic hydroxyl groups excluding tert-OH is 1. The van der Waals surface area contributed by atoms with E-state index < -0.39 is 10.1 Å². The van der Waals surface area contributed by atoms with Gasteiger partial charge < -0.3 is 5.11 Å². The number of hydrogen-bond acceptors (Lipinski definition) is 3. The molecule has 1 atom stereocenters. The van der Waals surface area contributed by atoms with Crippen LogP contribution in [0.1, 0.15) is 129 Å². The van der Waals surface area contributed by atoms with Crippen molar-refractivity contribution in [3.63, 3.8) is 0 Å². The summed E-state index contributed by atoms with van der Waals surface area (Å²) in [6.45, 7) is 2.27. The third kappa shape index (κ3) is 23.8. The SMILES string of the molecule is CCCCCCCCCCCCCCCCC(O)CCCCCS(=O)(=O)O. The number of aliphatic hydroxyl groups is 1. The van der Waals surface area contributed by atoms with Crippen molar-refractivity contribution < 1.29 is 18.1 Å². The first-order valence-corrected chi connectivity index (χ1v) is 13.2. The lowest BCUT2D eigenvalue weighted by atomic mass is 10.0. The highest BCUT2D eigenvalue weighted by molar-refractivity contribution is 7.85. The van der Waals surface area contributed by atoms with E-state index in [0.717, 1.165) is 32.1 Å². The molecule has 0 fully saturated rings. The fraction of sp³-hybridized carbons (Fsp3) is 1.00. The predicted octanol–water partition coefficient (Wildman–Crippen LogP) is 6.67. The van der Waals surface area contributed by atoms with E-state index in [1.165, 1.54) is 83.5 Å². The van der Waals surface area contributed by atoms with Crippen LogP contribution < -0.4 is 0 Å². The third-order valence-electron chi connectivity index (χ3n) is 5.33. The van der Waals surface area contributed by atoms with Crippen LogP contribution in [0.15, 0.2) is 0 Å². The normalized spacial score (nSPS) is 13.1. The van der Waals surface area contributed by atoms with Gasteiger partial charge in [-0.2, -0.15) is 8.42 Å². The van der Waals surface area contributed by atoms with Gasteiger partial charge in [-0.15, -0.1) is 0 Å². The van der Waals surface area contributed by atoms with Gasteiger partial charge >= 0.3 is 0 Å². The maximum absolute atomic E-state index is 10.6. The second kappa shape index (κ2) is 19.2. The van der Waals surface area contributed by atoms with Crippen molar-refractivity contribution in [2.75, 3.05) is 5.75 Å². The zero-order valence-corrected chi connectivity index (χ0v) is 18.7. The lowest BCUT2D eigenvalue weighted by Gasteiger charge is -2.10. The highest BCUT2D eigenvalue weighted by Gasteiger charge is 2.06. The molecule has 0 amide bonds. The van der Waals surface area contributed by atoms with E-state index in [0.29, 0.717) is 6.42 Å². The predicted molar refractivity (Wildman–Crippen MR) is 116 cm³/mol. The molecule has 0 spiro atoms. The first-order valence-electron chi connectivity index (χ1n) is 11.6.